The fourth-order valence-electron chi connectivity index (χ4n) is 3.96. The first-order valence-corrected chi connectivity index (χ1v) is 11.7. The second kappa shape index (κ2) is 9.92. The van der Waals surface area contributed by atoms with Crippen molar-refractivity contribution in [2.24, 2.45) is 0 Å². The van der Waals surface area contributed by atoms with Crippen LogP contribution >= 0.6 is 23.2 Å². The van der Waals surface area contributed by atoms with E-state index in [1.807, 2.05) is 54.6 Å². The SMILES string of the molecule is O=C1N(c2cc(Cl)ccc2Cl)Cc2cnc(Nc3ccccc3)nc2N1c1cccc(CCO)c1. The maximum Gasteiger partial charge on any atom is 0.335 e. The van der Waals surface area contributed by atoms with Crippen molar-refractivity contribution in [1.29, 1.82) is 0 Å². The molecule has 9 heteroatoms. The van der Waals surface area contributed by atoms with Crippen LogP contribution in [0.25, 0.3) is 0 Å². The first kappa shape index (κ1) is 23.1. The van der Waals surface area contributed by atoms with Crippen molar-refractivity contribution in [3.05, 3.63) is 100 Å². The van der Waals surface area contributed by atoms with Gasteiger partial charge in [-0.05, 0) is 54.4 Å². The number of benzene rings is 3. The first-order valence-electron chi connectivity index (χ1n) is 11.0. The molecule has 0 aliphatic carbocycles. The van der Waals surface area contributed by atoms with Crippen LogP contribution in [-0.2, 0) is 13.0 Å². The van der Waals surface area contributed by atoms with Gasteiger partial charge in [0, 0.05) is 29.1 Å². The average molecular weight is 506 g/mol. The third-order valence-electron chi connectivity index (χ3n) is 5.60. The fraction of sp³-hybridized carbons (Fsp3) is 0.115. The number of hydrogen-bond acceptors (Lipinski definition) is 5. The Hall–Kier alpha value is -3.65. The number of anilines is 5. The molecule has 0 fully saturated rings. The molecule has 4 aromatic rings. The zero-order valence-electron chi connectivity index (χ0n) is 18.5. The number of halogens is 2. The molecule has 2 N–H and O–H groups in total. The minimum absolute atomic E-state index is 0.00550. The van der Waals surface area contributed by atoms with Gasteiger partial charge in [0.2, 0.25) is 5.95 Å². The van der Waals surface area contributed by atoms with E-state index in [4.69, 9.17) is 28.2 Å². The monoisotopic (exact) mass is 505 g/mol. The fourth-order valence-corrected chi connectivity index (χ4v) is 4.34. The highest BCUT2D eigenvalue weighted by molar-refractivity contribution is 6.36. The molecule has 5 rings (SSSR count). The lowest BCUT2D eigenvalue weighted by Crippen LogP contribution is -2.45. The van der Waals surface area contributed by atoms with Crippen LogP contribution in [-0.4, -0.2) is 27.7 Å². The normalized spacial score (nSPS) is 13.1. The van der Waals surface area contributed by atoms with Crippen LogP contribution < -0.4 is 15.1 Å². The van der Waals surface area contributed by atoms with Crippen LogP contribution in [0, 0.1) is 0 Å². The van der Waals surface area contributed by atoms with Crippen molar-refractivity contribution in [2.75, 3.05) is 21.7 Å². The van der Waals surface area contributed by atoms with E-state index in [-0.39, 0.29) is 19.2 Å². The summed E-state index contributed by atoms with van der Waals surface area (Å²) in [6, 6.07) is 21.7. The molecule has 0 spiro atoms. The third kappa shape index (κ3) is 4.79. The van der Waals surface area contributed by atoms with Gasteiger partial charge < -0.3 is 10.4 Å². The number of nitrogens with one attached hydrogen (secondary N) is 1. The zero-order chi connectivity index (χ0) is 24.4. The molecule has 35 heavy (non-hydrogen) atoms. The number of urea groups is 1. The first-order chi connectivity index (χ1) is 17.0. The van der Waals surface area contributed by atoms with E-state index in [1.54, 1.807) is 29.3 Å². The number of aromatic nitrogens is 2. The minimum Gasteiger partial charge on any atom is -0.396 e. The Kier molecular flexibility index (Phi) is 6.55. The lowest BCUT2D eigenvalue weighted by molar-refractivity contribution is 0.252. The van der Waals surface area contributed by atoms with E-state index >= 15 is 0 Å². The van der Waals surface area contributed by atoms with Gasteiger partial charge >= 0.3 is 6.03 Å². The van der Waals surface area contributed by atoms with Crippen molar-refractivity contribution in [3.63, 3.8) is 0 Å². The molecule has 3 aromatic carbocycles. The summed E-state index contributed by atoms with van der Waals surface area (Å²) in [6.45, 7) is 0.234. The number of carbonyl (C=O) groups excluding carboxylic acids is 1. The second-order valence-electron chi connectivity index (χ2n) is 7.98. The van der Waals surface area contributed by atoms with Crippen molar-refractivity contribution in [3.8, 4) is 0 Å². The summed E-state index contributed by atoms with van der Waals surface area (Å²) < 4.78 is 0. The summed E-state index contributed by atoms with van der Waals surface area (Å²) in [5, 5.41) is 13.5. The highest BCUT2D eigenvalue weighted by Crippen LogP contribution is 2.39. The summed E-state index contributed by atoms with van der Waals surface area (Å²) >= 11 is 12.7. The number of fused-ring (bicyclic) bond motifs is 1. The molecular weight excluding hydrogens is 485 g/mol. The molecule has 1 aliphatic heterocycles. The van der Waals surface area contributed by atoms with Gasteiger partial charge in [-0.25, -0.2) is 14.7 Å². The lowest BCUT2D eigenvalue weighted by atomic mass is 10.1. The lowest BCUT2D eigenvalue weighted by Gasteiger charge is -2.36. The highest BCUT2D eigenvalue weighted by Gasteiger charge is 2.35. The van der Waals surface area contributed by atoms with Crippen molar-refractivity contribution in [2.45, 2.75) is 13.0 Å². The summed E-state index contributed by atoms with van der Waals surface area (Å²) in [7, 11) is 0. The number of para-hydroxylation sites is 1. The standard InChI is InChI=1S/C26H21Cl2N5O2/c27-19-9-10-22(28)23(14-19)32-16-18-15-29-25(30-20-6-2-1-3-7-20)31-24(18)33(26(32)35)21-8-4-5-17(13-21)11-12-34/h1-10,13-15,34H,11-12,16H2,(H,29,30,31). The van der Waals surface area contributed by atoms with Gasteiger partial charge in [0.1, 0.15) is 0 Å². The van der Waals surface area contributed by atoms with E-state index in [2.05, 4.69) is 10.3 Å². The smallest absolute Gasteiger partial charge is 0.335 e. The van der Waals surface area contributed by atoms with E-state index in [9.17, 15) is 9.90 Å². The minimum atomic E-state index is -0.327. The zero-order valence-corrected chi connectivity index (χ0v) is 20.0. The van der Waals surface area contributed by atoms with Gasteiger partial charge in [0.05, 0.1) is 22.9 Å². The van der Waals surface area contributed by atoms with Crippen LogP contribution in [0.5, 0.6) is 0 Å². The number of carbonyl (C=O) groups is 1. The number of amides is 2. The highest BCUT2D eigenvalue weighted by atomic mass is 35.5. The predicted octanol–water partition coefficient (Wildman–Crippen LogP) is 6.34. The molecule has 0 radical (unpaired) electrons. The van der Waals surface area contributed by atoms with Crippen LogP contribution in [0.2, 0.25) is 10.0 Å². The molecular formula is C26H21Cl2N5O2. The molecule has 0 bridgehead atoms. The average Bonchev–Trinajstić information content (AvgIpc) is 2.86. The van der Waals surface area contributed by atoms with Gasteiger partial charge in [-0.1, -0.05) is 53.5 Å². The van der Waals surface area contributed by atoms with Gasteiger partial charge in [0.15, 0.2) is 5.82 Å². The van der Waals surface area contributed by atoms with Crippen LogP contribution in [0.4, 0.5) is 33.6 Å². The molecule has 176 valence electrons. The predicted molar refractivity (Wildman–Crippen MR) is 139 cm³/mol. The van der Waals surface area contributed by atoms with Gasteiger partial charge in [-0.3, -0.25) is 4.90 Å². The molecule has 0 saturated carbocycles. The quantitative estimate of drug-likeness (QED) is 0.319. The number of hydrogen-bond donors (Lipinski definition) is 2. The molecule has 7 nitrogen and oxygen atoms in total. The number of aliphatic hydroxyl groups excluding tert-OH is 1. The van der Waals surface area contributed by atoms with E-state index in [1.165, 1.54) is 4.90 Å². The summed E-state index contributed by atoms with van der Waals surface area (Å²) in [6.07, 6.45) is 2.17. The topological polar surface area (TPSA) is 81.6 Å². The molecule has 1 aliphatic rings. The van der Waals surface area contributed by atoms with Gasteiger partial charge in [-0.15, -0.1) is 0 Å². The van der Waals surface area contributed by atoms with Crippen LogP contribution in [0.15, 0.2) is 79.0 Å². The Morgan fingerprint density at radius 3 is 2.63 bits per heavy atom. The third-order valence-corrected chi connectivity index (χ3v) is 6.16. The van der Waals surface area contributed by atoms with Crippen molar-refractivity contribution >= 4 is 58.1 Å². The van der Waals surface area contributed by atoms with E-state index < -0.39 is 0 Å². The Morgan fingerprint density at radius 2 is 1.83 bits per heavy atom. The number of rotatable bonds is 6. The molecule has 2 amide bonds. The van der Waals surface area contributed by atoms with Crippen molar-refractivity contribution < 1.29 is 9.90 Å². The largest absolute Gasteiger partial charge is 0.396 e. The maximum absolute atomic E-state index is 13.9. The Labute approximate surface area is 212 Å². The van der Waals surface area contributed by atoms with E-state index in [0.29, 0.717) is 39.6 Å². The van der Waals surface area contributed by atoms with E-state index in [0.717, 1.165) is 16.8 Å². The molecule has 0 atom stereocenters. The summed E-state index contributed by atoms with van der Waals surface area (Å²) in [5.41, 5.74) is 3.59. The molecule has 2 heterocycles. The van der Waals surface area contributed by atoms with Crippen LogP contribution in [0.1, 0.15) is 11.1 Å². The van der Waals surface area contributed by atoms with Gasteiger partial charge in [0.25, 0.3) is 0 Å². The Morgan fingerprint density at radius 1 is 1.00 bits per heavy atom. The number of nitrogens with zero attached hydrogens (tertiary/aromatic N) is 4. The van der Waals surface area contributed by atoms with Gasteiger partial charge in [-0.2, -0.15) is 4.98 Å². The molecule has 1 aromatic heterocycles. The number of aliphatic hydroxyl groups is 1. The summed E-state index contributed by atoms with van der Waals surface area (Å²) in [4.78, 5) is 26.2. The maximum atomic E-state index is 13.9. The van der Waals surface area contributed by atoms with Crippen molar-refractivity contribution in [1.82, 2.24) is 9.97 Å². The van der Waals surface area contributed by atoms with Crippen LogP contribution in [0.3, 0.4) is 0 Å². The molecule has 0 saturated heterocycles. The Bertz CT molecular complexity index is 1380. The summed E-state index contributed by atoms with van der Waals surface area (Å²) in [5.74, 6) is 0.840. The molecule has 0 unspecified atom stereocenters. The second-order valence-corrected chi connectivity index (χ2v) is 8.82. The Balaban J connectivity index is 1.62.